The lowest BCUT2D eigenvalue weighted by molar-refractivity contribution is -0.113. The average molecular weight is 391 g/mol. The lowest BCUT2D eigenvalue weighted by atomic mass is 10.2. The molecule has 0 atom stereocenters. The van der Waals surface area contributed by atoms with Crippen molar-refractivity contribution < 1.29 is 9.59 Å². The summed E-state index contributed by atoms with van der Waals surface area (Å²) in [4.78, 5) is 34.7. The Labute approximate surface area is 155 Å². The maximum Gasteiger partial charge on any atom is 0.251 e. The molecule has 0 fully saturated rings. The lowest BCUT2D eigenvalue weighted by Gasteiger charge is -2.05. The van der Waals surface area contributed by atoms with Crippen LogP contribution >= 0.6 is 34.4 Å². The Kier molecular flexibility index (Phi) is 4.45. The number of aromatic nitrogens is 2. The Balaban J connectivity index is 1.50. The van der Waals surface area contributed by atoms with E-state index in [0.717, 1.165) is 28.1 Å². The van der Waals surface area contributed by atoms with E-state index < -0.39 is 5.91 Å². The molecule has 0 aliphatic heterocycles. The van der Waals surface area contributed by atoms with E-state index in [-0.39, 0.29) is 11.7 Å². The van der Waals surface area contributed by atoms with Crippen molar-refractivity contribution in [3.05, 3.63) is 33.8 Å². The summed E-state index contributed by atoms with van der Waals surface area (Å²) in [6.45, 7) is 0. The van der Waals surface area contributed by atoms with Crippen molar-refractivity contribution in [2.75, 3.05) is 11.1 Å². The maximum absolute atomic E-state index is 12.2. The second-order valence-electron chi connectivity index (χ2n) is 5.58. The molecule has 4 rings (SSSR count). The number of hydrogen-bond donors (Lipinski definition) is 2. The van der Waals surface area contributed by atoms with Crippen LogP contribution in [0.25, 0.3) is 10.2 Å². The summed E-state index contributed by atoms with van der Waals surface area (Å²) in [5.41, 5.74) is 6.98. The number of thioether (sulfide) groups is 1. The van der Waals surface area contributed by atoms with Crippen LogP contribution in [0.5, 0.6) is 0 Å². The molecule has 128 valence electrons. The molecule has 1 aliphatic carbocycles. The first kappa shape index (κ1) is 16.5. The molecular weight excluding hydrogens is 376 g/mol. The standard InChI is InChI=1S/C16H14N4O2S3/c17-13(22)9-4-5-23-14(9)20-11(21)6-24-15-12-8-2-1-3-10(8)25-16(12)19-7-18-15/h4-5,7H,1-3,6H2,(H2,17,22)(H,20,21). The zero-order chi connectivity index (χ0) is 17.4. The van der Waals surface area contributed by atoms with Gasteiger partial charge in [0.1, 0.15) is 21.2 Å². The van der Waals surface area contributed by atoms with E-state index in [0.29, 0.717) is 10.6 Å². The van der Waals surface area contributed by atoms with E-state index in [1.807, 2.05) is 0 Å². The van der Waals surface area contributed by atoms with E-state index >= 15 is 0 Å². The first-order valence-corrected chi connectivity index (χ1v) is 10.4. The van der Waals surface area contributed by atoms with Crippen molar-refractivity contribution in [3.63, 3.8) is 0 Å². The van der Waals surface area contributed by atoms with Crippen molar-refractivity contribution in [1.82, 2.24) is 9.97 Å². The predicted molar refractivity (Wildman–Crippen MR) is 102 cm³/mol. The third kappa shape index (κ3) is 3.14. The van der Waals surface area contributed by atoms with Crippen molar-refractivity contribution in [2.24, 2.45) is 5.73 Å². The number of anilines is 1. The van der Waals surface area contributed by atoms with Crippen LogP contribution in [0, 0.1) is 0 Å². The number of carbonyl (C=O) groups is 2. The zero-order valence-corrected chi connectivity index (χ0v) is 15.5. The van der Waals surface area contributed by atoms with Crippen LogP contribution < -0.4 is 11.1 Å². The molecule has 0 saturated carbocycles. The predicted octanol–water partition coefficient (Wildman–Crippen LogP) is 3.07. The highest BCUT2D eigenvalue weighted by molar-refractivity contribution is 8.00. The molecule has 0 spiro atoms. The molecule has 6 nitrogen and oxygen atoms in total. The fraction of sp³-hybridized carbons (Fsp3) is 0.250. The van der Waals surface area contributed by atoms with Crippen molar-refractivity contribution in [2.45, 2.75) is 24.3 Å². The van der Waals surface area contributed by atoms with Gasteiger partial charge in [0.25, 0.3) is 5.91 Å². The number of carbonyl (C=O) groups excluding carboxylic acids is 2. The minimum absolute atomic E-state index is 0.186. The molecule has 2 amide bonds. The van der Waals surface area contributed by atoms with E-state index in [9.17, 15) is 9.59 Å². The summed E-state index contributed by atoms with van der Waals surface area (Å²) in [5.74, 6) is -0.517. The van der Waals surface area contributed by atoms with E-state index in [4.69, 9.17) is 5.73 Å². The van der Waals surface area contributed by atoms with Gasteiger partial charge >= 0.3 is 0 Å². The molecule has 0 radical (unpaired) electrons. The molecule has 3 aromatic rings. The summed E-state index contributed by atoms with van der Waals surface area (Å²) >= 11 is 4.41. The first-order chi connectivity index (χ1) is 12.1. The molecular formula is C16H14N4O2S3. The number of aryl methyl sites for hydroxylation is 2. The molecule has 0 bridgehead atoms. The van der Waals surface area contributed by atoms with Crippen LogP contribution in [0.4, 0.5) is 5.00 Å². The number of rotatable bonds is 5. The Morgan fingerprint density at radius 2 is 2.20 bits per heavy atom. The number of amides is 2. The van der Waals surface area contributed by atoms with Gasteiger partial charge in [-0.2, -0.15) is 0 Å². The van der Waals surface area contributed by atoms with Gasteiger partial charge in [-0.05, 0) is 36.3 Å². The Morgan fingerprint density at radius 1 is 1.32 bits per heavy atom. The van der Waals surface area contributed by atoms with Crippen LogP contribution in [0.15, 0.2) is 22.8 Å². The van der Waals surface area contributed by atoms with E-state index in [1.165, 1.54) is 40.0 Å². The summed E-state index contributed by atoms with van der Waals surface area (Å²) in [7, 11) is 0. The minimum Gasteiger partial charge on any atom is -0.366 e. The van der Waals surface area contributed by atoms with Gasteiger partial charge in [-0.1, -0.05) is 11.8 Å². The summed E-state index contributed by atoms with van der Waals surface area (Å²) in [6, 6.07) is 1.61. The first-order valence-electron chi connectivity index (χ1n) is 7.68. The minimum atomic E-state index is -0.546. The van der Waals surface area contributed by atoms with Crippen molar-refractivity contribution in [1.29, 1.82) is 0 Å². The molecule has 9 heteroatoms. The highest BCUT2D eigenvalue weighted by atomic mass is 32.2. The van der Waals surface area contributed by atoms with Gasteiger partial charge in [-0.25, -0.2) is 9.97 Å². The number of nitrogens with zero attached hydrogens (tertiary/aromatic N) is 2. The van der Waals surface area contributed by atoms with Crippen LogP contribution in [0.1, 0.15) is 27.2 Å². The number of hydrogen-bond acceptors (Lipinski definition) is 7. The SMILES string of the molecule is NC(=O)c1ccsc1NC(=O)CSc1ncnc2sc3c(c12)CCC3. The van der Waals surface area contributed by atoms with Gasteiger partial charge in [-0.15, -0.1) is 22.7 Å². The van der Waals surface area contributed by atoms with Crippen LogP contribution in [-0.2, 0) is 17.6 Å². The smallest absolute Gasteiger partial charge is 0.251 e. The second kappa shape index (κ2) is 6.74. The van der Waals surface area contributed by atoms with E-state index in [2.05, 4.69) is 15.3 Å². The van der Waals surface area contributed by atoms with Gasteiger partial charge < -0.3 is 11.1 Å². The fourth-order valence-corrected chi connectivity index (χ4v) is 5.83. The summed E-state index contributed by atoms with van der Waals surface area (Å²) in [6.07, 6.45) is 4.89. The normalized spacial score (nSPS) is 13.1. The average Bonchev–Trinajstić information content (AvgIpc) is 3.27. The molecule has 0 aromatic carbocycles. The second-order valence-corrected chi connectivity index (χ2v) is 8.54. The third-order valence-electron chi connectivity index (χ3n) is 3.99. The highest BCUT2D eigenvalue weighted by Crippen LogP contribution is 2.40. The fourth-order valence-electron chi connectivity index (χ4n) is 2.91. The van der Waals surface area contributed by atoms with Gasteiger partial charge in [0.05, 0.1) is 11.3 Å². The Morgan fingerprint density at radius 3 is 3.04 bits per heavy atom. The molecule has 1 aliphatic rings. The van der Waals surface area contributed by atoms with Crippen LogP contribution in [0.2, 0.25) is 0 Å². The quantitative estimate of drug-likeness (QED) is 0.515. The molecule has 3 heterocycles. The molecule has 25 heavy (non-hydrogen) atoms. The number of primary amides is 1. The van der Waals surface area contributed by atoms with Gasteiger partial charge in [0.2, 0.25) is 5.91 Å². The maximum atomic E-state index is 12.2. The third-order valence-corrected chi connectivity index (χ3v) is 7.01. The summed E-state index contributed by atoms with van der Waals surface area (Å²) < 4.78 is 0. The van der Waals surface area contributed by atoms with Crippen LogP contribution in [-0.4, -0.2) is 27.5 Å². The van der Waals surface area contributed by atoms with Gasteiger partial charge in [0, 0.05) is 10.3 Å². The number of thiophene rings is 2. The highest BCUT2D eigenvalue weighted by Gasteiger charge is 2.22. The molecule has 3 N–H and O–H groups in total. The van der Waals surface area contributed by atoms with Crippen molar-refractivity contribution >= 4 is 61.5 Å². The molecule has 3 aromatic heterocycles. The largest absolute Gasteiger partial charge is 0.366 e. The monoisotopic (exact) mass is 390 g/mol. The topological polar surface area (TPSA) is 98.0 Å². The summed E-state index contributed by atoms with van der Waals surface area (Å²) in [5, 5.41) is 6.92. The number of fused-ring (bicyclic) bond motifs is 3. The van der Waals surface area contributed by atoms with Crippen LogP contribution in [0.3, 0.4) is 0 Å². The number of nitrogens with two attached hydrogens (primary N) is 1. The van der Waals surface area contributed by atoms with Gasteiger partial charge in [0.15, 0.2) is 0 Å². The zero-order valence-electron chi connectivity index (χ0n) is 13.1. The van der Waals surface area contributed by atoms with Gasteiger partial charge in [-0.3, -0.25) is 9.59 Å². The Bertz CT molecular complexity index is 979. The lowest BCUT2D eigenvalue weighted by Crippen LogP contribution is -2.17. The Hall–Kier alpha value is -1.97. The number of nitrogens with one attached hydrogen (secondary N) is 1. The molecule has 0 unspecified atom stereocenters. The van der Waals surface area contributed by atoms with E-state index in [1.54, 1.807) is 29.1 Å². The van der Waals surface area contributed by atoms with Crippen molar-refractivity contribution in [3.8, 4) is 0 Å². The molecule has 0 saturated heterocycles.